The van der Waals surface area contributed by atoms with E-state index in [2.05, 4.69) is 27.6 Å². The second kappa shape index (κ2) is 5.69. The van der Waals surface area contributed by atoms with Gasteiger partial charge in [0.2, 0.25) is 0 Å². The number of aromatic nitrogens is 2. The maximum absolute atomic E-state index is 13.6. The SMILES string of the molecule is Fc1ccc2nc(CCCl)n(-c3ccccc3I)c2c1. The van der Waals surface area contributed by atoms with Crippen molar-refractivity contribution >= 4 is 45.2 Å². The van der Waals surface area contributed by atoms with Crippen molar-refractivity contribution in [2.45, 2.75) is 6.42 Å². The van der Waals surface area contributed by atoms with E-state index in [0.717, 1.165) is 26.1 Å². The van der Waals surface area contributed by atoms with Crippen LogP contribution in [0.2, 0.25) is 0 Å². The molecular formula is C15H11ClFIN2. The number of hydrogen-bond acceptors (Lipinski definition) is 1. The van der Waals surface area contributed by atoms with Crippen LogP contribution in [0.4, 0.5) is 4.39 Å². The van der Waals surface area contributed by atoms with Crippen LogP contribution in [0.1, 0.15) is 5.82 Å². The second-order valence-electron chi connectivity index (χ2n) is 4.39. The maximum Gasteiger partial charge on any atom is 0.125 e. The first-order valence-electron chi connectivity index (χ1n) is 6.18. The zero-order valence-corrected chi connectivity index (χ0v) is 13.4. The van der Waals surface area contributed by atoms with Crippen molar-refractivity contribution in [2.75, 3.05) is 5.88 Å². The van der Waals surface area contributed by atoms with E-state index in [4.69, 9.17) is 11.6 Å². The molecule has 20 heavy (non-hydrogen) atoms. The molecule has 0 atom stereocenters. The molecule has 5 heteroatoms. The Morgan fingerprint density at radius 3 is 2.75 bits per heavy atom. The summed E-state index contributed by atoms with van der Waals surface area (Å²) in [6, 6.07) is 12.6. The van der Waals surface area contributed by atoms with Crippen molar-refractivity contribution in [2.24, 2.45) is 0 Å². The third-order valence-electron chi connectivity index (χ3n) is 3.10. The summed E-state index contributed by atoms with van der Waals surface area (Å²) in [6.07, 6.45) is 0.642. The third kappa shape index (κ3) is 2.42. The van der Waals surface area contributed by atoms with E-state index in [0.29, 0.717) is 12.3 Å². The van der Waals surface area contributed by atoms with Crippen molar-refractivity contribution in [3.63, 3.8) is 0 Å². The van der Waals surface area contributed by atoms with Gasteiger partial charge < -0.3 is 0 Å². The lowest BCUT2D eigenvalue weighted by molar-refractivity contribution is 0.629. The van der Waals surface area contributed by atoms with Gasteiger partial charge in [-0.25, -0.2) is 9.37 Å². The molecule has 3 rings (SSSR count). The van der Waals surface area contributed by atoms with Crippen LogP contribution < -0.4 is 0 Å². The quantitative estimate of drug-likeness (QED) is 0.466. The Balaban J connectivity index is 2.34. The molecule has 102 valence electrons. The maximum atomic E-state index is 13.6. The van der Waals surface area contributed by atoms with E-state index in [-0.39, 0.29) is 5.82 Å². The van der Waals surface area contributed by atoms with Crippen LogP contribution in [0.15, 0.2) is 42.5 Å². The fourth-order valence-electron chi connectivity index (χ4n) is 2.25. The van der Waals surface area contributed by atoms with Gasteiger partial charge >= 0.3 is 0 Å². The first-order chi connectivity index (χ1) is 9.70. The number of nitrogens with zero attached hydrogens (tertiary/aromatic N) is 2. The van der Waals surface area contributed by atoms with E-state index in [9.17, 15) is 4.39 Å². The molecule has 0 spiro atoms. The summed E-state index contributed by atoms with van der Waals surface area (Å²) >= 11 is 8.14. The summed E-state index contributed by atoms with van der Waals surface area (Å²) in [5.74, 6) is 1.07. The van der Waals surface area contributed by atoms with Crippen LogP contribution in [-0.2, 0) is 6.42 Å². The molecule has 0 amide bonds. The molecule has 1 heterocycles. The van der Waals surface area contributed by atoms with Gasteiger partial charge in [-0.3, -0.25) is 4.57 Å². The van der Waals surface area contributed by atoms with Crippen molar-refractivity contribution < 1.29 is 4.39 Å². The molecule has 0 aliphatic rings. The molecule has 0 N–H and O–H groups in total. The predicted molar refractivity (Wildman–Crippen MR) is 88.2 cm³/mol. The van der Waals surface area contributed by atoms with Gasteiger partial charge in [0, 0.05) is 21.9 Å². The summed E-state index contributed by atoms with van der Waals surface area (Å²) in [5, 5.41) is 0. The Morgan fingerprint density at radius 1 is 1.20 bits per heavy atom. The van der Waals surface area contributed by atoms with E-state index in [1.165, 1.54) is 12.1 Å². The van der Waals surface area contributed by atoms with Crippen LogP contribution in [0, 0.1) is 9.39 Å². The monoisotopic (exact) mass is 400 g/mol. The third-order valence-corrected chi connectivity index (χ3v) is 4.20. The van der Waals surface area contributed by atoms with Crippen molar-refractivity contribution in [3.8, 4) is 5.69 Å². The lowest BCUT2D eigenvalue weighted by Crippen LogP contribution is -2.04. The average Bonchev–Trinajstić information content (AvgIpc) is 2.77. The van der Waals surface area contributed by atoms with Gasteiger partial charge in [-0.2, -0.15) is 0 Å². The highest BCUT2D eigenvalue weighted by Gasteiger charge is 2.14. The lowest BCUT2D eigenvalue weighted by atomic mass is 10.2. The number of fused-ring (bicyclic) bond motifs is 1. The minimum Gasteiger partial charge on any atom is -0.295 e. The fraction of sp³-hybridized carbons (Fsp3) is 0.133. The Bertz CT molecular complexity index is 770. The summed E-state index contributed by atoms with van der Waals surface area (Å²) in [6.45, 7) is 0. The second-order valence-corrected chi connectivity index (χ2v) is 5.93. The summed E-state index contributed by atoms with van der Waals surface area (Å²) in [5.41, 5.74) is 2.56. The van der Waals surface area contributed by atoms with Gasteiger partial charge in [0.15, 0.2) is 0 Å². The molecule has 2 aromatic carbocycles. The van der Waals surface area contributed by atoms with E-state index in [1.54, 1.807) is 6.07 Å². The number of imidazole rings is 1. The van der Waals surface area contributed by atoms with Gasteiger partial charge in [0.25, 0.3) is 0 Å². The first-order valence-corrected chi connectivity index (χ1v) is 7.80. The summed E-state index contributed by atoms with van der Waals surface area (Å²) < 4.78 is 16.6. The topological polar surface area (TPSA) is 17.8 Å². The Kier molecular flexibility index (Phi) is 3.94. The Labute approximate surface area is 134 Å². The number of benzene rings is 2. The normalized spacial score (nSPS) is 11.2. The summed E-state index contributed by atoms with van der Waals surface area (Å²) in [4.78, 5) is 4.57. The van der Waals surface area contributed by atoms with E-state index >= 15 is 0 Å². The Hall–Kier alpha value is -1.14. The molecule has 0 aliphatic heterocycles. The van der Waals surface area contributed by atoms with E-state index in [1.807, 2.05) is 28.8 Å². The van der Waals surface area contributed by atoms with Gasteiger partial charge in [0.05, 0.1) is 16.7 Å². The smallest absolute Gasteiger partial charge is 0.125 e. The fourth-order valence-corrected chi connectivity index (χ4v) is 3.05. The molecular weight excluding hydrogens is 390 g/mol. The van der Waals surface area contributed by atoms with Crippen LogP contribution in [0.3, 0.4) is 0 Å². The molecule has 0 bridgehead atoms. The molecule has 0 unspecified atom stereocenters. The van der Waals surface area contributed by atoms with E-state index < -0.39 is 0 Å². The molecule has 0 saturated heterocycles. The van der Waals surface area contributed by atoms with Crippen LogP contribution in [-0.4, -0.2) is 15.4 Å². The number of aryl methyl sites for hydroxylation is 1. The minimum absolute atomic E-state index is 0.262. The van der Waals surface area contributed by atoms with Gasteiger partial charge in [-0.05, 0) is 46.9 Å². The molecule has 0 radical (unpaired) electrons. The highest BCUT2D eigenvalue weighted by atomic mass is 127. The number of alkyl halides is 1. The van der Waals surface area contributed by atoms with Crippen LogP contribution in [0.25, 0.3) is 16.7 Å². The number of para-hydroxylation sites is 1. The largest absolute Gasteiger partial charge is 0.295 e. The molecule has 2 nitrogen and oxygen atoms in total. The minimum atomic E-state index is -0.262. The van der Waals surface area contributed by atoms with Crippen molar-refractivity contribution in [1.82, 2.24) is 9.55 Å². The zero-order valence-electron chi connectivity index (χ0n) is 10.5. The molecule has 0 fully saturated rings. The van der Waals surface area contributed by atoms with Crippen molar-refractivity contribution in [3.05, 3.63) is 57.7 Å². The highest BCUT2D eigenvalue weighted by Crippen LogP contribution is 2.26. The Morgan fingerprint density at radius 2 is 2.00 bits per heavy atom. The number of rotatable bonds is 3. The average molecular weight is 401 g/mol. The molecule has 0 saturated carbocycles. The zero-order chi connectivity index (χ0) is 14.1. The standard InChI is InChI=1S/C15H11ClFIN2/c16-8-7-15-19-12-6-5-10(17)9-14(12)20(15)13-4-2-1-3-11(13)18/h1-6,9H,7-8H2. The van der Waals surface area contributed by atoms with Crippen molar-refractivity contribution in [1.29, 1.82) is 0 Å². The van der Waals surface area contributed by atoms with Gasteiger partial charge in [-0.1, -0.05) is 12.1 Å². The van der Waals surface area contributed by atoms with Gasteiger partial charge in [-0.15, -0.1) is 11.6 Å². The van der Waals surface area contributed by atoms with Crippen LogP contribution in [0.5, 0.6) is 0 Å². The highest BCUT2D eigenvalue weighted by molar-refractivity contribution is 14.1. The molecule has 1 aromatic heterocycles. The predicted octanol–water partition coefficient (Wildman–Crippen LogP) is 4.55. The number of halogens is 3. The molecule has 3 aromatic rings. The lowest BCUT2D eigenvalue weighted by Gasteiger charge is -2.10. The first kappa shape index (κ1) is 13.8. The summed E-state index contributed by atoms with van der Waals surface area (Å²) in [7, 11) is 0. The number of hydrogen-bond donors (Lipinski definition) is 0. The molecule has 0 aliphatic carbocycles. The van der Waals surface area contributed by atoms with Crippen LogP contribution >= 0.6 is 34.2 Å². The van der Waals surface area contributed by atoms with Gasteiger partial charge in [0.1, 0.15) is 11.6 Å².